The summed E-state index contributed by atoms with van der Waals surface area (Å²) in [5, 5.41) is 0. The largest absolute Gasteiger partial charge is 0.491 e. The number of hydrogen-bond acceptors (Lipinski definition) is 5. The Hall–Kier alpha value is -2.14. The highest BCUT2D eigenvalue weighted by Crippen LogP contribution is 2.38. The average molecular weight is 322 g/mol. The van der Waals surface area contributed by atoms with E-state index in [9.17, 15) is 0 Å². The lowest BCUT2D eigenvalue weighted by atomic mass is 10.0. The van der Waals surface area contributed by atoms with Gasteiger partial charge in [0.25, 0.3) is 0 Å². The van der Waals surface area contributed by atoms with E-state index in [-0.39, 0.29) is 6.04 Å². The van der Waals surface area contributed by atoms with Crippen LogP contribution in [-0.2, 0) is 12.8 Å². The van der Waals surface area contributed by atoms with Gasteiger partial charge in [-0.2, -0.15) is 0 Å². The molecule has 1 saturated heterocycles. The van der Waals surface area contributed by atoms with Gasteiger partial charge in [0.1, 0.15) is 12.4 Å². The molecule has 24 heavy (non-hydrogen) atoms. The molecule has 1 aromatic heterocycles. The normalized spacial score (nSPS) is 24.3. The third-order valence-corrected chi connectivity index (χ3v) is 5.60. The second-order valence-corrected chi connectivity index (χ2v) is 7.15. The fraction of sp³-hybridized carbons (Fsp3) is 0.474. The van der Waals surface area contributed by atoms with Crippen LogP contribution >= 0.6 is 0 Å². The fourth-order valence-electron chi connectivity index (χ4n) is 3.98. The van der Waals surface area contributed by atoms with Crippen molar-refractivity contribution in [1.29, 1.82) is 0 Å². The lowest BCUT2D eigenvalue weighted by Crippen LogP contribution is -2.46. The van der Waals surface area contributed by atoms with Gasteiger partial charge in [0, 0.05) is 35.0 Å². The number of ether oxygens (including phenoxy) is 1. The Bertz CT molecular complexity index is 819. The molecule has 1 aromatic carbocycles. The van der Waals surface area contributed by atoms with E-state index in [1.165, 1.54) is 24.1 Å². The molecule has 0 amide bonds. The smallest absolute Gasteiger partial charge is 0.226 e. The van der Waals surface area contributed by atoms with Crippen LogP contribution in [0.5, 0.6) is 5.75 Å². The van der Waals surface area contributed by atoms with Crippen LogP contribution in [0.25, 0.3) is 11.3 Å². The average Bonchev–Trinajstić information content (AvgIpc) is 3.19. The van der Waals surface area contributed by atoms with Gasteiger partial charge in [-0.15, -0.1) is 0 Å². The summed E-state index contributed by atoms with van der Waals surface area (Å²) >= 11 is 0. The Morgan fingerprint density at radius 3 is 2.96 bits per heavy atom. The maximum atomic E-state index is 6.07. The predicted octanol–water partition coefficient (Wildman–Crippen LogP) is 2.62. The predicted molar refractivity (Wildman–Crippen MR) is 93.3 cm³/mol. The molecule has 2 N–H and O–H groups in total. The molecule has 0 radical (unpaired) electrons. The lowest BCUT2D eigenvalue weighted by Gasteiger charge is -2.39. The Kier molecular flexibility index (Phi) is 3.07. The summed E-state index contributed by atoms with van der Waals surface area (Å²) in [6.45, 7) is 3.86. The van der Waals surface area contributed by atoms with E-state index in [4.69, 9.17) is 20.4 Å². The minimum Gasteiger partial charge on any atom is -0.491 e. The van der Waals surface area contributed by atoms with Crippen LogP contribution < -0.4 is 15.4 Å². The van der Waals surface area contributed by atoms with Crippen LogP contribution in [0.3, 0.4) is 0 Å². The Labute approximate surface area is 141 Å². The van der Waals surface area contributed by atoms with Gasteiger partial charge in [-0.05, 0) is 38.7 Å². The van der Waals surface area contributed by atoms with E-state index in [1.54, 1.807) is 0 Å². The van der Waals surface area contributed by atoms with Gasteiger partial charge in [-0.1, -0.05) is 12.1 Å². The van der Waals surface area contributed by atoms with Crippen LogP contribution in [0.1, 0.15) is 42.6 Å². The van der Waals surface area contributed by atoms with Crippen molar-refractivity contribution in [2.45, 2.75) is 44.7 Å². The molecular formula is C19H22N4O. The number of rotatable bonds is 2. The quantitative estimate of drug-likeness (QED) is 0.921. The molecule has 124 valence electrons. The Morgan fingerprint density at radius 2 is 2.17 bits per heavy atom. The van der Waals surface area contributed by atoms with Gasteiger partial charge in [0.2, 0.25) is 5.95 Å². The summed E-state index contributed by atoms with van der Waals surface area (Å²) in [4.78, 5) is 12.1. The molecule has 5 nitrogen and oxygen atoms in total. The number of hydrogen-bond donors (Lipinski definition) is 1. The molecule has 0 saturated carbocycles. The minimum absolute atomic E-state index is 0.0114. The van der Waals surface area contributed by atoms with Crippen molar-refractivity contribution in [3.05, 3.63) is 35.0 Å². The molecule has 5 heteroatoms. The summed E-state index contributed by atoms with van der Waals surface area (Å²) in [6.07, 6.45) is 4.52. The summed E-state index contributed by atoms with van der Waals surface area (Å²) in [5.74, 6) is 1.80. The van der Waals surface area contributed by atoms with Crippen LogP contribution in [0.2, 0.25) is 0 Å². The first-order chi connectivity index (χ1) is 11.7. The highest BCUT2D eigenvalue weighted by molar-refractivity contribution is 5.69. The Morgan fingerprint density at radius 1 is 1.25 bits per heavy atom. The first kappa shape index (κ1) is 14.2. The van der Waals surface area contributed by atoms with Crippen molar-refractivity contribution in [2.24, 2.45) is 5.73 Å². The van der Waals surface area contributed by atoms with Crippen molar-refractivity contribution >= 4 is 5.95 Å². The van der Waals surface area contributed by atoms with Crippen LogP contribution in [0, 0.1) is 0 Å². The number of benzene rings is 1. The second-order valence-electron chi connectivity index (χ2n) is 7.15. The fourth-order valence-corrected chi connectivity index (χ4v) is 3.98. The molecule has 1 fully saturated rings. The SMILES string of the molecule is C[C@H]1CCN1c1nc2c(c(-c3ccc4c(c3)OCC4N)n1)CCC2. The van der Waals surface area contributed by atoms with Crippen LogP contribution in [0.4, 0.5) is 5.95 Å². The van der Waals surface area contributed by atoms with Gasteiger partial charge < -0.3 is 15.4 Å². The summed E-state index contributed by atoms with van der Waals surface area (Å²) in [5.41, 5.74) is 11.9. The molecule has 1 unspecified atom stereocenters. The zero-order chi connectivity index (χ0) is 16.3. The summed E-state index contributed by atoms with van der Waals surface area (Å²) in [7, 11) is 0. The van der Waals surface area contributed by atoms with Gasteiger partial charge >= 0.3 is 0 Å². The number of anilines is 1. The van der Waals surface area contributed by atoms with E-state index < -0.39 is 0 Å². The number of aromatic nitrogens is 2. The van der Waals surface area contributed by atoms with Gasteiger partial charge in [0.05, 0.1) is 11.7 Å². The van der Waals surface area contributed by atoms with Gasteiger partial charge in [-0.3, -0.25) is 0 Å². The number of aryl methyl sites for hydroxylation is 1. The first-order valence-corrected chi connectivity index (χ1v) is 8.90. The summed E-state index contributed by atoms with van der Waals surface area (Å²) in [6, 6.07) is 6.86. The van der Waals surface area contributed by atoms with Gasteiger partial charge in [-0.25, -0.2) is 9.97 Å². The van der Waals surface area contributed by atoms with Crippen molar-refractivity contribution in [1.82, 2.24) is 9.97 Å². The van der Waals surface area contributed by atoms with E-state index in [1.807, 2.05) is 0 Å². The monoisotopic (exact) mass is 322 g/mol. The van der Waals surface area contributed by atoms with Gasteiger partial charge in [0.15, 0.2) is 0 Å². The first-order valence-electron chi connectivity index (χ1n) is 8.90. The van der Waals surface area contributed by atoms with Crippen molar-refractivity contribution in [3.63, 3.8) is 0 Å². The highest BCUT2D eigenvalue weighted by Gasteiger charge is 2.29. The minimum atomic E-state index is -0.0114. The standard InChI is InChI=1S/C19H22N4O/c1-11-7-8-23(11)19-21-16-4-2-3-14(16)18(22-19)12-5-6-13-15(20)10-24-17(13)9-12/h5-6,9,11,15H,2-4,7-8,10,20H2,1H3/t11-,15?/m0/s1. The lowest BCUT2D eigenvalue weighted by molar-refractivity contribution is 0.333. The number of nitrogens with zero attached hydrogens (tertiary/aromatic N) is 3. The third-order valence-electron chi connectivity index (χ3n) is 5.60. The van der Waals surface area contributed by atoms with Crippen LogP contribution in [0.15, 0.2) is 18.2 Å². The van der Waals surface area contributed by atoms with Crippen molar-refractivity contribution in [2.75, 3.05) is 18.1 Å². The van der Waals surface area contributed by atoms with Crippen LogP contribution in [-0.4, -0.2) is 29.2 Å². The molecular weight excluding hydrogens is 300 g/mol. The Balaban J connectivity index is 1.62. The van der Waals surface area contributed by atoms with E-state index >= 15 is 0 Å². The van der Waals surface area contributed by atoms with Crippen molar-refractivity contribution < 1.29 is 4.74 Å². The maximum Gasteiger partial charge on any atom is 0.226 e. The molecule has 0 spiro atoms. The van der Waals surface area contributed by atoms with Crippen molar-refractivity contribution in [3.8, 4) is 17.0 Å². The molecule has 3 heterocycles. The number of fused-ring (bicyclic) bond motifs is 2. The maximum absolute atomic E-state index is 6.07. The molecule has 5 rings (SSSR count). The van der Waals surface area contributed by atoms with E-state index in [0.29, 0.717) is 12.6 Å². The van der Waals surface area contributed by atoms with E-state index in [2.05, 4.69) is 30.0 Å². The third kappa shape index (κ3) is 2.04. The molecule has 0 bridgehead atoms. The zero-order valence-corrected chi connectivity index (χ0v) is 14.0. The highest BCUT2D eigenvalue weighted by atomic mass is 16.5. The topological polar surface area (TPSA) is 64.3 Å². The molecule has 2 atom stereocenters. The second kappa shape index (κ2) is 5.18. The number of nitrogens with two attached hydrogens (primary N) is 1. The molecule has 3 aliphatic rings. The summed E-state index contributed by atoms with van der Waals surface area (Å²) < 4.78 is 5.74. The zero-order valence-electron chi connectivity index (χ0n) is 14.0. The van der Waals surface area contributed by atoms with E-state index in [0.717, 1.165) is 47.9 Å². The molecule has 2 aliphatic heterocycles. The molecule has 1 aliphatic carbocycles. The molecule has 2 aromatic rings.